The highest BCUT2D eigenvalue weighted by Gasteiger charge is 2.07. The van der Waals surface area contributed by atoms with E-state index in [0.29, 0.717) is 0 Å². The molecule has 1 heterocycles. The Labute approximate surface area is 106 Å². The fourth-order valence-electron chi connectivity index (χ4n) is 1.86. The summed E-state index contributed by atoms with van der Waals surface area (Å²) in [6, 6.07) is 8.07. The van der Waals surface area contributed by atoms with E-state index in [9.17, 15) is 4.79 Å². The number of hydrogen-bond acceptors (Lipinski definition) is 3. The summed E-state index contributed by atoms with van der Waals surface area (Å²) in [5, 5.41) is 4.20. The fraction of sp³-hybridized carbons (Fsp3) is 0.214. The number of aryl methyl sites for hydroxylation is 1. The second-order valence-corrected chi connectivity index (χ2v) is 4.95. The number of thiophene rings is 1. The van der Waals surface area contributed by atoms with E-state index in [1.807, 2.05) is 32.2 Å². The Kier molecular flexibility index (Phi) is 3.59. The number of carbonyl (C=O) groups is 1. The van der Waals surface area contributed by atoms with E-state index in [2.05, 4.69) is 21.7 Å². The maximum absolute atomic E-state index is 11.1. The van der Waals surface area contributed by atoms with Crippen molar-refractivity contribution in [2.45, 2.75) is 13.5 Å². The van der Waals surface area contributed by atoms with E-state index >= 15 is 0 Å². The van der Waals surface area contributed by atoms with Crippen molar-refractivity contribution >= 4 is 23.3 Å². The smallest absolute Gasteiger partial charge is 0.152 e. The Morgan fingerprint density at radius 3 is 2.82 bits per heavy atom. The van der Waals surface area contributed by atoms with Crippen LogP contribution in [0.2, 0.25) is 0 Å². The molecule has 0 aliphatic rings. The lowest BCUT2D eigenvalue weighted by molar-refractivity contribution is 0.112. The van der Waals surface area contributed by atoms with Crippen LogP contribution in [0.5, 0.6) is 0 Å². The van der Waals surface area contributed by atoms with E-state index < -0.39 is 0 Å². The molecule has 0 amide bonds. The molecule has 0 bridgehead atoms. The summed E-state index contributed by atoms with van der Waals surface area (Å²) in [5.41, 5.74) is 4.12. The molecule has 88 valence electrons. The van der Waals surface area contributed by atoms with Gasteiger partial charge in [-0.15, -0.1) is 0 Å². The standard InChI is InChI=1S/C14H15NOS/c1-11-3-4-14(13(7-11)9-16)15(2)8-12-5-6-17-10-12/h3-7,9-10H,8H2,1-2H3. The van der Waals surface area contributed by atoms with Gasteiger partial charge in [-0.1, -0.05) is 11.6 Å². The highest BCUT2D eigenvalue weighted by atomic mass is 32.1. The van der Waals surface area contributed by atoms with E-state index in [1.165, 1.54) is 5.56 Å². The molecule has 0 aliphatic heterocycles. The SMILES string of the molecule is Cc1ccc(N(C)Cc2ccsc2)c(C=O)c1. The quantitative estimate of drug-likeness (QED) is 0.768. The van der Waals surface area contributed by atoms with Crippen molar-refractivity contribution in [3.8, 4) is 0 Å². The molecule has 0 radical (unpaired) electrons. The van der Waals surface area contributed by atoms with Crippen molar-refractivity contribution in [3.05, 3.63) is 51.7 Å². The summed E-state index contributed by atoms with van der Waals surface area (Å²) < 4.78 is 0. The van der Waals surface area contributed by atoms with Crippen molar-refractivity contribution in [2.75, 3.05) is 11.9 Å². The fourth-order valence-corrected chi connectivity index (χ4v) is 2.52. The molecule has 0 unspecified atom stereocenters. The van der Waals surface area contributed by atoms with Crippen LogP contribution < -0.4 is 4.90 Å². The summed E-state index contributed by atoms with van der Waals surface area (Å²) in [6.07, 6.45) is 0.923. The van der Waals surface area contributed by atoms with Crippen LogP contribution in [0.4, 0.5) is 5.69 Å². The molecule has 0 N–H and O–H groups in total. The number of nitrogens with zero attached hydrogens (tertiary/aromatic N) is 1. The van der Waals surface area contributed by atoms with Crippen LogP contribution in [0.3, 0.4) is 0 Å². The minimum atomic E-state index is 0.753. The van der Waals surface area contributed by atoms with Gasteiger partial charge in [-0.05, 0) is 41.4 Å². The molecule has 0 saturated heterocycles. The van der Waals surface area contributed by atoms with Gasteiger partial charge in [0.1, 0.15) is 0 Å². The molecule has 0 saturated carbocycles. The number of rotatable bonds is 4. The van der Waals surface area contributed by atoms with Gasteiger partial charge in [0.25, 0.3) is 0 Å². The second kappa shape index (κ2) is 5.15. The van der Waals surface area contributed by atoms with Crippen molar-refractivity contribution in [1.29, 1.82) is 0 Å². The zero-order chi connectivity index (χ0) is 12.3. The molecule has 0 aliphatic carbocycles. The molecular weight excluding hydrogens is 230 g/mol. The van der Waals surface area contributed by atoms with Crippen LogP contribution in [0, 0.1) is 6.92 Å². The van der Waals surface area contributed by atoms with Crippen molar-refractivity contribution in [2.24, 2.45) is 0 Å². The molecular formula is C14H15NOS. The number of hydrogen-bond donors (Lipinski definition) is 0. The summed E-state index contributed by atoms with van der Waals surface area (Å²) in [7, 11) is 2.01. The zero-order valence-electron chi connectivity index (χ0n) is 10.0. The molecule has 0 fully saturated rings. The van der Waals surface area contributed by atoms with E-state index in [-0.39, 0.29) is 0 Å². The average molecular weight is 245 g/mol. The molecule has 2 aromatic rings. The molecule has 1 aromatic carbocycles. The van der Waals surface area contributed by atoms with Gasteiger partial charge in [-0.3, -0.25) is 4.79 Å². The lowest BCUT2D eigenvalue weighted by atomic mass is 10.1. The summed E-state index contributed by atoms with van der Waals surface area (Å²) in [4.78, 5) is 13.2. The van der Waals surface area contributed by atoms with E-state index in [4.69, 9.17) is 0 Å². The van der Waals surface area contributed by atoms with Crippen molar-refractivity contribution < 1.29 is 4.79 Å². The Hall–Kier alpha value is -1.61. The lowest BCUT2D eigenvalue weighted by Crippen LogP contribution is -2.17. The first kappa shape index (κ1) is 11.9. The van der Waals surface area contributed by atoms with Crippen LogP contribution in [-0.2, 0) is 6.54 Å². The van der Waals surface area contributed by atoms with Gasteiger partial charge in [0, 0.05) is 24.8 Å². The molecule has 17 heavy (non-hydrogen) atoms. The van der Waals surface area contributed by atoms with Crippen molar-refractivity contribution in [1.82, 2.24) is 0 Å². The van der Waals surface area contributed by atoms with E-state index in [1.54, 1.807) is 11.3 Å². The monoisotopic (exact) mass is 245 g/mol. The van der Waals surface area contributed by atoms with Gasteiger partial charge in [-0.25, -0.2) is 0 Å². The Morgan fingerprint density at radius 1 is 1.35 bits per heavy atom. The minimum Gasteiger partial charge on any atom is -0.370 e. The number of aldehydes is 1. The first-order chi connectivity index (χ1) is 8.20. The van der Waals surface area contributed by atoms with Gasteiger partial charge < -0.3 is 4.90 Å². The van der Waals surface area contributed by atoms with Crippen LogP contribution in [0.1, 0.15) is 21.5 Å². The number of carbonyl (C=O) groups excluding carboxylic acids is 1. The average Bonchev–Trinajstić information content (AvgIpc) is 2.81. The third-order valence-electron chi connectivity index (χ3n) is 2.72. The number of benzene rings is 1. The Balaban J connectivity index is 2.24. The minimum absolute atomic E-state index is 0.753. The van der Waals surface area contributed by atoms with Crippen molar-refractivity contribution in [3.63, 3.8) is 0 Å². The van der Waals surface area contributed by atoms with Gasteiger partial charge in [0.2, 0.25) is 0 Å². The van der Waals surface area contributed by atoms with E-state index in [0.717, 1.165) is 29.6 Å². The third kappa shape index (κ3) is 2.74. The summed E-state index contributed by atoms with van der Waals surface area (Å²) in [5.74, 6) is 0. The Bertz CT molecular complexity index is 505. The van der Waals surface area contributed by atoms with Gasteiger partial charge >= 0.3 is 0 Å². The first-order valence-corrected chi connectivity index (χ1v) is 6.43. The van der Waals surface area contributed by atoms with Gasteiger partial charge in [-0.2, -0.15) is 11.3 Å². The zero-order valence-corrected chi connectivity index (χ0v) is 10.8. The highest BCUT2D eigenvalue weighted by molar-refractivity contribution is 7.07. The first-order valence-electron chi connectivity index (χ1n) is 5.49. The molecule has 0 spiro atoms. The molecule has 3 heteroatoms. The summed E-state index contributed by atoms with van der Waals surface area (Å²) >= 11 is 1.69. The topological polar surface area (TPSA) is 20.3 Å². The summed E-state index contributed by atoms with van der Waals surface area (Å²) in [6.45, 7) is 2.82. The second-order valence-electron chi connectivity index (χ2n) is 4.17. The van der Waals surface area contributed by atoms with Gasteiger partial charge in [0.05, 0.1) is 0 Å². The largest absolute Gasteiger partial charge is 0.370 e. The van der Waals surface area contributed by atoms with Crippen LogP contribution in [0.15, 0.2) is 35.0 Å². The maximum atomic E-state index is 11.1. The molecule has 0 atom stereocenters. The predicted octanol–water partition coefficient (Wildman–Crippen LogP) is 3.51. The highest BCUT2D eigenvalue weighted by Crippen LogP contribution is 2.21. The van der Waals surface area contributed by atoms with Crippen LogP contribution in [0.25, 0.3) is 0 Å². The molecule has 1 aromatic heterocycles. The lowest BCUT2D eigenvalue weighted by Gasteiger charge is -2.20. The number of anilines is 1. The van der Waals surface area contributed by atoms with Gasteiger partial charge in [0.15, 0.2) is 6.29 Å². The van der Waals surface area contributed by atoms with Crippen LogP contribution >= 0.6 is 11.3 Å². The third-order valence-corrected chi connectivity index (χ3v) is 3.45. The predicted molar refractivity (Wildman–Crippen MR) is 73.0 cm³/mol. The van der Waals surface area contributed by atoms with Crippen LogP contribution in [-0.4, -0.2) is 13.3 Å². The molecule has 2 nitrogen and oxygen atoms in total. The molecule has 2 rings (SSSR count). The maximum Gasteiger partial charge on any atom is 0.152 e. The normalized spacial score (nSPS) is 10.2. The Morgan fingerprint density at radius 2 is 2.18 bits per heavy atom.